The fourth-order valence-electron chi connectivity index (χ4n) is 4.78. The molecule has 0 aliphatic carbocycles. The number of rotatable bonds is 12. The van der Waals surface area contributed by atoms with Crippen LogP contribution < -0.4 is 20.9 Å². The molecule has 2 amide bonds. The van der Waals surface area contributed by atoms with Crippen LogP contribution in [0.25, 0.3) is 10.9 Å². The number of thioether (sulfide) groups is 1. The molecule has 44 heavy (non-hydrogen) atoms. The molecule has 1 saturated heterocycles. The lowest BCUT2D eigenvalue weighted by atomic mass is 10.0. The summed E-state index contributed by atoms with van der Waals surface area (Å²) in [5.41, 5.74) is 6.52. The van der Waals surface area contributed by atoms with Crippen LogP contribution in [0.4, 0.5) is 5.13 Å². The van der Waals surface area contributed by atoms with E-state index >= 15 is 0 Å². The van der Waals surface area contributed by atoms with Crippen LogP contribution in [0.3, 0.4) is 0 Å². The van der Waals surface area contributed by atoms with E-state index in [1.165, 1.54) is 18.7 Å². The molecule has 18 heteroatoms. The Hall–Kier alpha value is -4.19. The molecule has 0 bridgehead atoms. The standard InChI is InChI=1S/C26H27ClN8O7S2/c1-12(24(38)39)42-32-17(16-20(27)44-26(28)31-16)21(36)30-18-22(37)35-19(25(40)41)14(11-43-23(18)35)10-33-6-4-15-13(9-33)3-7-34(15)8-5-29-2/h3-4,6-7,9,12,18,23,29H,5,8,10-11H2,1-2H3,(H4-,28,30,31,36,38,39,40,41)/p+1/b32-17-/t12-,18+,23+/m0/s1. The molecule has 3 aromatic rings. The van der Waals surface area contributed by atoms with Gasteiger partial charge in [-0.15, -0.1) is 11.8 Å². The third-order valence-electron chi connectivity index (χ3n) is 6.97. The number of nitrogens with one attached hydrogen (secondary N) is 2. The molecule has 3 aromatic heterocycles. The van der Waals surface area contributed by atoms with E-state index in [2.05, 4.69) is 25.3 Å². The number of hydrogen-bond acceptors (Lipinski definition) is 11. The molecular weight excluding hydrogens is 636 g/mol. The van der Waals surface area contributed by atoms with E-state index in [4.69, 9.17) is 27.3 Å². The van der Waals surface area contributed by atoms with E-state index < -0.39 is 47.0 Å². The summed E-state index contributed by atoms with van der Waals surface area (Å²) in [5, 5.41) is 28.9. The highest BCUT2D eigenvalue weighted by molar-refractivity contribution is 8.00. The Labute approximate surface area is 263 Å². The maximum Gasteiger partial charge on any atom is 0.352 e. The number of aliphatic carboxylic acids is 2. The summed E-state index contributed by atoms with van der Waals surface area (Å²) in [6, 6.07) is 2.86. The van der Waals surface area contributed by atoms with Crippen molar-refractivity contribution in [2.24, 2.45) is 5.16 Å². The SMILES string of the molecule is CNCCn1ccc2c[n+](CC3=C(C(=O)O)N4C(=O)[C@@H](NC(=O)/C(=N\O[C@@H](C)C(=O)O)c5nc(N)sc5Cl)[C@H]4SC3)ccc21. The van der Waals surface area contributed by atoms with Gasteiger partial charge in [0.1, 0.15) is 27.1 Å². The molecule has 2 aliphatic rings. The van der Waals surface area contributed by atoms with E-state index in [9.17, 15) is 24.3 Å². The number of β-lactam (4-membered cyclic amide) rings is 1. The molecule has 0 unspecified atom stereocenters. The van der Waals surface area contributed by atoms with Gasteiger partial charge >= 0.3 is 11.9 Å². The molecule has 0 aromatic carbocycles. The first-order valence-electron chi connectivity index (χ1n) is 13.2. The van der Waals surface area contributed by atoms with E-state index in [0.29, 0.717) is 11.3 Å². The van der Waals surface area contributed by atoms with Crippen LogP contribution in [-0.4, -0.2) is 91.0 Å². The second-order valence-corrected chi connectivity index (χ2v) is 12.6. The van der Waals surface area contributed by atoms with Crippen molar-refractivity contribution in [2.75, 3.05) is 25.1 Å². The molecule has 232 valence electrons. The fraction of sp³-hybridized carbons (Fsp3) is 0.346. The Morgan fingerprint density at radius 3 is 2.77 bits per heavy atom. The van der Waals surface area contributed by atoms with Crippen molar-refractivity contribution in [3.05, 3.63) is 52.0 Å². The number of aromatic nitrogens is 3. The third kappa shape index (κ3) is 6.08. The number of hydrogen-bond donors (Lipinski definition) is 5. The van der Waals surface area contributed by atoms with Gasteiger partial charge in [-0.1, -0.05) is 28.1 Å². The Morgan fingerprint density at radius 2 is 2.11 bits per heavy atom. The highest BCUT2D eigenvalue weighted by Gasteiger charge is 2.55. The second kappa shape index (κ2) is 12.8. The van der Waals surface area contributed by atoms with E-state index in [0.717, 1.165) is 40.2 Å². The minimum absolute atomic E-state index is 0.00235. The Kier molecular flexibility index (Phi) is 9.10. The summed E-state index contributed by atoms with van der Waals surface area (Å²) in [7, 11) is 1.89. The quantitative estimate of drug-likeness (QED) is 0.0779. The van der Waals surface area contributed by atoms with Gasteiger partial charge in [-0.25, -0.2) is 19.1 Å². The number of nitrogen functional groups attached to an aromatic ring is 1. The molecule has 15 nitrogen and oxygen atoms in total. The van der Waals surface area contributed by atoms with Gasteiger partial charge in [0.2, 0.25) is 6.10 Å². The largest absolute Gasteiger partial charge is 0.478 e. The number of oxime groups is 1. The predicted molar refractivity (Wildman–Crippen MR) is 162 cm³/mol. The van der Waals surface area contributed by atoms with Gasteiger partial charge in [0.15, 0.2) is 29.8 Å². The Morgan fingerprint density at radius 1 is 1.34 bits per heavy atom. The topological polar surface area (TPSA) is 205 Å². The van der Waals surface area contributed by atoms with Crippen molar-refractivity contribution in [1.29, 1.82) is 0 Å². The first-order valence-corrected chi connectivity index (χ1v) is 15.5. The van der Waals surface area contributed by atoms with Crippen LogP contribution in [0.2, 0.25) is 4.34 Å². The van der Waals surface area contributed by atoms with Gasteiger partial charge < -0.3 is 36.0 Å². The second-order valence-electron chi connectivity index (χ2n) is 9.89. The summed E-state index contributed by atoms with van der Waals surface area (Å²) in [6.45, 7) is 3.08. The summed E-state index contributed by atoms with van der Waals surface area (Å²) in [5.74, 6) is -3.84. The number of nitrogens with two attached hydrogens (primary N) is 1. The molecule has 5 heterocycles. The van der Waals surface area contributed by atoms with Crippen LogP contribution in [0.5, 0.6) is 0 Å². The summed E-state index contributed by atoms with van der Waals surface area (Å²) in [6.07, 6.45) is 4.39. The van der Waals surface area contributed by atoms with Gasteiger partial charge in [-0.3, -0.25) is 14.5 Å². The minimum atomic E-state index is -1.40. The van der Waals surface area contributed by atoms with Crippen LogP contribution in [0.1, 0.15) is 12.6 Å². The highest BCUT2D eigenvalue weighted by Crippen LogP contribution is 2.40. The molecule has 0 saturated carbocycles. The minimum Gasteiger partial charge on any atom is -0.478 e. The van der Waals surface area contributed by atoms with E-state index in [-0.39, 0.29) is 27.4 Å². The first kappa shape index (κ1) is 31.2. The number of halogens is 1. The van der Waals surface area contributed by atoms with Gasteiger partial charge in [-0.05, 0) is 20.0 Å². The molecule has 6 N–H and O–H groups in total. The lowest BCUT2D eigenvalue weighted by Crippen LogP contribution is -2.71. The van der Waals surface area contributed by atoms with Crippen molar-refractivity contribution in [3.8, 4) is 0 Å². The Balaban J connectivity index is 1.35. The molecule has 2 aliphatic heterocycles. The number of carboxylic acids is 2. The number of fused-ring (bicyclic) bond motifs is 2. The highest BCUT2D eigenvalue weighted by atomic mass is 35.5. The molecule has 0 spiro atoms. The smallest absolute Gasteiger partial charge is 0.352 e. The number of carbonyl (C=O) groups excluding carboxylic acids is 2. The van der Waals surface area contributed by atoms with Crippen molar-refractivity contribution in [2.45, 2.75) is 37.5 Å². The average molecular weight is 664 g/mol. The normalized spacial score (nSPS) is 19.0. The molecule has 1 fully saturated rings. The Bertz CT molecular complexity index is 1720. The molecule has 5 rings (SSSR count). The zero-order chi connectivity index (χ0) is 31.7. The summed E-state index contributed by atoms with van der Waals surface area (Å²) < 4.78 is 4.00. The monoisotopic (exact) mass is 663 g/mol. The molecule has 3 atom stereocenters. The number of carbonyl (C=O) groups is 4. The lowest BCUT2D eigenvalue weighted by Gasteiger charge is -2.49. The van der Waals surface area contributed by atoms with E-state index in [1.54, 1.807) is 0 Å². The average Bonchev–Trinajstić information content (AvgIpc) is 3.55. The molecule has 0 radical (unpaired) electrons. The van der Waals surface area contributed by atoms with Crippen molar-refractivity contribution in [3.63, 3.8) is 0 Å². The fourth-order valence-corrected chi connectivity index (χ4v) is 7.05. The number of nitrogens with zero attached hydrogens (tertiary/aromatic N) is 5. The maximum absolute atomic E-state index is 13.3. The van der Waals surface area contributed by atoms with Crippen LogP contribution in [0, 0.1) is 0 Å². The van der Waals surface area contributed by atoms with Crippen molar-refractivity contribution < 1.29 is 38.8 Å². The molecular formula is C26H28ClN8O7S2+. The lowest BCUT2D eigenvalue weighted by molar-refractivity contribution is -0.687. The number of amides is 2. The van der Waals surface area contributed by atoms with Crippen LogP contribution in [0.15, 0.2) is 47.1 Å². The summed E-state index contributed by atoms with van der Waals surface area (Å²) >= 11 is 8.33. The van der Waals surface area contributed by atoms with Crippen LogP contribution in [-0.2, 0) is 37.1 Å². The number of thiazole rings is 1. The summed E-state index contributed by atoms with van der Waals surface area (Å²) in [4.78, 5) is 60.2. The van der Waals surface area contributed by atoms with Crippen molar-refractivity contribution >= 4 is 80.2 Å². The van der Waals surface area contributed by atoms with Gasteiger partial charge in [0, 0.05) is 36.7 Å². The van der Waals surface area contributed by atoms with Crippen LogP contribution >= 0.6 is 34.7 Å². The van der Waals surface area contributed by atoms with Gasteiger partial charge in [-0.2, -0.15) is 0 Å². The number of anilines is 1. The predicted octanol–water partition coefficient (Wildman–Crippen LogP) is 0.473. The van der Waals surface area contributed by atoms with Gasteiger partial charge in [0.05, 0.1) is 10.9 Å². The van der Waals surface area contributed by atoms with Gasteiger partial charge in [0.25, 0.3) is 11.8 Å². The zero-order valence-corrected chi connectivity index (χ0v) is 25.8. The third-order valence-corrected chi connectivity index (χ3v) is 9.40. The number of pyridine rings is 1. The van der Waals surface area contributed by atoms with Crippen molar-refractivity contribution in [1.82, 2.24) is 25.1 Å². The number of likely N-dealkylation sites (N-methyl/N-ethyl adjacent to an activating group) is 1. The first-order chi connectivity index (χ1) is 21.0. The zero-order valence-electron chi connectivity index (χ0n) is 23.4. The van der Waals surface area contributed by atoms with E-state index in [1.807, 2.05) is 42.3 Å². The number of carboxylic acid groups (broad SMARTS) is 2. The maximum atomic E-state index is 13.3.